The largest absolute Gasteiger partial charge is 0.477 e. The number of carbonyl (C=O) groups is 1. The lowest BCUT2D eigenvalue weighted by molar-refractivity contribution is 0.0695. The normalized spacial score (nSPS) is 10.9. The number of H-pyrrole nitrogens is 1. The van der Waals surface area contributed by atoms with Gasteiger partial charge in [-0.3, -0.25) is 4.79 Å². The van der Waals surface area contributed by atoms with E-state index in [4.69, 9.17) is 10.8 Å². The zero-order chi connectivity index (χ0) is 17.4. The number of anilines is 1. The molecule has 0 saturated heterocycles. The number of aryl methyl sites for hydroxylation is 1. The molecule has 0 fully saturated rings. The molecule has 0 bridgehead atoms. The first kappa shape index (κ1) is 15.7. The minimum Gasteiger partial charge on any atom is -0.477 e. The number of carboxylic acids is 1. The number of hydrogen-bond acceptors (Lipinski definition) is 3. The molecule has 5 nitrogen and oxygen atoms in total. The fraction of sp³-hybridized carbons (Fsp3) is 0.111. The molecule has 0 saturated carbocycles. The Kier molecular flexibility index (Phi) is 3.81. The molecule has 24 heavy (non-hydrogen) atoms. The Morgan fingerprint density at radius 3 is 2.54 bits per heavy atom. The predicted molar refractivity (Wildman–Crippen MR) is 90.7 cm³/mol. The highest BCUT2D eigenvalue weighted by atomic mass is 19.1. The lowest BCUT2D eigenvalue weighted by atomic mass is 9.95. The van der Waals surface area contributed by atoms with Crippen molar-refractivity contribution in [2.75, 3.05) is 5.73 Å². The summed E-state index contributed by atoms with van der Waals surface area (Å²) in [5.74, 6) is -1.87. The Morgan fingerprint density at radius 2 is 1.96 bits per heavy atom. The number of fused-ring (bicyclic) bond motifs is 1. The number of nitrogens with two attached hydrogens (primary N) is 1. The number of carboxylic acid groups (broad SMARTS) is 1. The third-order valence-electron chi connectivity index (χ3n) is 4.01. The molecule has 1 aromatic heterocycles. The molecule has 3 rings (SSSR count). The maximum Gasteiger partial charge on any atom is 0.341 e. The van der Waals surface area contributed by atoms with E-state index >= 15 is 0 Å². The second-order valence-corrected chi connectivity index (χ2v) is 5.45. The average Bonchev–Trinajstić information content (AvgIpc) is 2.55. The first-order chi connectivity index (χ1) is 11.4. The van der Waals surface area contributed by atoms with Gasteiger partial charge in [-0.1, -0.05) is 19.1 Å². The second kappa shape index (κ2) is 5.81. The molecule has 2 aromatic carbocycles. The van der Waals surface area contributed by atoms with Gasteiger partial charge in [0.05, 0.1) is 10.9 Å². The molecular formula is C18H15FN2O3. The molecule has 0 radical (unpaired) electrons. The molecular weight excluding hydrogens is 311 g/mol. The average molecular weight is 326 g/mol. The summed E-state index contributed by atoms with van der Waals surface area (Å²) in [6.07, 6.45) is 1.40. The number of benzene rings is 2. The van der Waals surface area contributed by atoms with Crippen molar-refractivity contribution in [1.29, 1.82) is 0 Å². The molecule has 122 valence electrons. The van der Waals surface area contributed by atoms with Crippen molar-refractivity contribution >= 4 is 22.6 Å². The van der Waals surface area contributed by atoms with Gasteiger partial charge in [0.25, 0.3) is 0 Å². The van der Waals surface area contributed by atoms with Gasteiger partial charge < -0.3 is 15.8 Å². The van der Waals surface area contributed by atoms with E-state index in [1.807, 2.05) is 0 Å². The topological polar surface area (TPSA) is 96.2 Å². The van der Waals surface area contributed by atoms with Crippen molar-refractivity contribution in [3.63, 3.8) is 0 Å². The Hall–Kier alpha value is -3.15. The summed E-state index contributed by atoms with van der Waals surface area (Å²) in [5, 5.41) is 9.17. The van der Waals surface area contributed by atoms with Gasteiger partial charge in [0.1, 0.15) is 11.4 Å². The molecule has 0 aliphatic rings. The molecule has 0 spiro atoms. The van der Waals surface area contributed by atoms with Crippen LogP contribution in [0.25, 0.3) is 22.0 Å². The van der Waals surface area contributed by atoms with Crippen LogP contribution in [0.4, 0.5) is 10.1 Å². The van der Waals surface area contributed by atoms with E-state index in [9.17, 15) is 14.0 Å². The van der Waals surface area contributed by atoms with Gasteiger partial charge in [0.15, 0.2) is 0 Å². The molecule has 0 aliphatic carbocycles. The van der Waals surface area contributed by atoms with Gasteiger partial charge in [-0.05, 0) is 30.2 Å². The monoisotopic (exact) mass is 326 g/mol. The van der Waals surface area contributed by atoms with Crippen LogP contribution in [0.15, 0.2) is 41.3 Å². The van der Waals surface area contributed by atoms with E-state index in [2.05, 4.69) is 4.98 Å². The smallest absolute Gasteiger partial charge is 0.341 e. The standard InChI is InChI=1S/C18H15FN2O3/c1-2-11-15-14(21-8-13(17(15)22)18(23)24)7-12(16(11)19)9-3-5-10(20)6-4-9/h3-8H,2,20H2,1H3,(H,21,22)(H,23,24). The van der Waals surface area contributed by atoms with Crippen LogP contribution in [0.1, 0.15) is 22.8 Å². The van der Waals surface area contributed by atoms with Crippen LogP contribution in [0, 0.1) is 5.82 Å². The van der Waals surface area contributed by atoms with E-state index in [1.165, 1.54) is 6.07 Å². The third kappa shape index (κ3) is 2.42. The molecule has 0 aliphatic heterocycles. The summed E-state index contributed by atoms with van der Waals surface area (Å²) < 4.78 is 15.0. The van der Waals surface area contributed by atoms with Crippen LogP contribution in [0.2, 0.25) is 0 Å². The first-order valence-corrected chi connectivity index (χ1v) is 7.40. The number of aromatic carboxylic acids is 1. The molecule has 1 heterocycles. The number of nitrogen functional groups attached to an aromatic ring is 1. The number of aromatic amines is 1. The fourth-order valence-corrected chi connectivity index (χ4v) is 2.80. The fourth-order valence-electron chi connectivity index (χ4n) is 2.80. The first-order valence-electron chi connectivity index (χ1n) is 7.40. The molecule has 0 unspecified atom stereocenters. The lowest BCUT2D eigenvalue weighted by Gasteiger charge is -2.12. The quantitative estimate of drug-likeness (QED) is 0.644. The van der Waals surface area contributed by atoms with Crippen molar-refractivity contribution in [2.24, 2.45) is 0 Å². The van der Waals surface area contributed by atoms with Crippen LogP contribution < -0.4 is 11.2 Å². The van der Waals surface area contributed by atoms with Gasteiger partial charge in [-0.2, -0.15) is 0 Å². The minimum absolute atomic E-state index is 0.0779. The van der Waals surface area contributed by atoms with E-state index in [0.717, 1.165) is 6.20 Å². The third-order valence-corrected chi connectivity index (χ3v) is 4.01. The van der Waals surface area contributed by atoms with Gasteiger partial charge in [-0.15, -0.1) is 0 Å². The SMILES string of the molecule is CCc1c(F)c(-c2ccc(N)cc2)cc2[nH]cc(C(=O)O)c(=O)c12. The summed E-state index contributed by atoms with van der Waals surface area (Å²) in [6.45, 7) is 1.72. The van der Waals surface area contributed by atoms with E-state index in [-0.39, 0.29) is 17.4 Å². The van der Waals surface area contributed by atoms with Crippen molar-refractivity contribution < 1.29 is 14.3 Å². The van der Waals surface area contributed by atoms with Crippen molar-refractivity contribution in [3.05, 3.63) is 63.7 Å². The number of hydrogen-bond donors (Lipinski definition) is 3. The summed E-state index contributed by atoms with van der Waals surface area (Å²) in [7, 11) is 0. The van der Waals surface area contributed by atoms with Crippen LogP contribution >= 0.6 is 0 Å². The summed E-state index contributed by atoms with van der Waals surface area (Å²) in [6, 6.07) is 8.25. The van der Waals surface area contributed by atoms with Crippen LogP contribution in [-0.2, 0) is 6.42 Å². The van der Waals surface area contributed by atoms with Crippen LogP contribution in [0.5, 0.6) is 0 Å². The Balaban J connectivity index is 2.38. The number of aromatic nitrogens is 1. The number of rotatable bonds is 3. The zero-order valence-corrected chi connectivity index (χ0v) is 12.9. The van der Waals surface area contributed by atoms with Gasteiger partial charge in [0.2, 0.25) is 5.43 Å². The molecule has 4 N–H and O–H groups in total. The van der Waals surface area contributed by atoms with Crippen molar-refractivity contribution in [1.82, 2.24) is 4.98 Å². The molecule has 3 aromatic rings. The van der Waals surface area contributed by atoms with E-state index < -0.39 is 22.8 Å². The Labute approximate surface area is 136 Å². The number of pyridine rings is 1. The zero-order valence-electron chi connectivity index (χ0n) is 12.9. The number of nitrogens with one attached hydrogen (secondary N) is 1. The molecule has 0 amide bonds. The second-order valence-electron chi connectivity index (χ2n) is 5.45. The molecule has 6 heteroatoms. The van der Waals surface area contributed by atoms with Gasteiger partial charge >= 0.3 is 5.97 Å². The van der Waals surface area contributed by atoms with Crippen LogP contribution in [0.3, 0.4) is 0 Å². The minimum atomic E-state index is -1.34. The van der Waals surface area contributed by atoms with E-state index in [0.29, 0.717) is 22.3 Å². The highest BCUT2D eigenvalue weighted by Gasteiger charge is 2.19. The van der Waals surface area contributed by atoms with E-state index in [1.54, 1.807) is 31.2 Å². The summed E-state index contributed by atoms with van der Waals surface area (Å²) >= 11 is 0. The lowest BCUT2D eigenvalue weighted by Crippen LogP contribution is -2.17. The van der Waals surface area contributed by atoms with Crippen molar-refractivity contribution in [3.8, 4) is 11.1 Å². The van der Waals surface area contributed by atoms with Crippen LogP contribution in [-0.4, -0.2) is 16.1 Å². The highest BCUT2D eigenvalue weighted by molar-refractivity contribution is 5.95. The maximum absolute atomic E-state index is 15.0. The number of halogens is 1. The Morgan fingerprint density at radius 1 is 1.29 bits per heavy atom. The van der Waals surface area contributed by atoms with Gasteiger partial charge in [0, 0.05) is 23.0 Å². The Bertz CT molecular complexity index is 1010. The summed E-state index contributed by atoms with van der Waals surface area (Å²) in [5.41, 5.74) is 6.69. The molecule has 0 atom stereocenters. The predicted octanol–water partition coefficient (Wildman–Crippen LogP) is 3.18. The van der Waals surface area contributed by atoms with Gasteiger partial charge in [-0.25, -0.2) is 9.18 Å². The van der Waals surface area contributed by atoms with Crippen molar-refractivity contribution in [2.45, 2.75) is 13.3 Å². The highest BCUT2D eigenvalue weighted by Crippen LogP contribution is 2.30. The summed E-state index contributed by atoms with van der Waals surface area (Å²) in [4.78, 5) is 26.3. The maximum atomic E-state index is 15.0.